The SMILES string of the molecule is COC(=O)c1cc(C(=O)Nc2nc3c(s2)CC(c2ccccc2)CC3)cc([N+](=O)[O-])c1. The van der Waals surface area contributed by atoms with Crippen molar-refractivity contribution in [3.8, 4) is 0 Å². The van der Waals surface area contributed by atoms with E-state index in [1.165, 1.54) is 30.1 Å². The molecule has 1 aromatic heterocycles. The van der Waals surface area contributed by atoms with E-state index in [0.717, 1.165) is 42.0 Å². The van der Waals surface area contributed by atoms with Crippen LogP contribution in [0.25, 0.3) is 0 Å². The number of hydrogen-bond donors (Lipinski definition) is 1. The van der Waals surface area contributed by atoms with E-state index < -0.39 is 16.8 Å². The van der Waals surface area contributed by atoms with Gasteiger partial charge in [-0.1, -0.05) is 30.3 Å². The van der Waals surface area contributed by atoms with Crippen molar-refractivity contribution in [1.29, 1.82) is 0 Å². The van der Waals surface area contributed by atoms with Crippen LogP contribution >= 0.6 is 11.3 Å². The van der Waals surface area contributed by atoms with E-state index in [4.69, 9.17) is 0 Å². The number of esters is 1. The highest BCUT2D eigenvalue weighted by atomic mass is 32.1. The first-order valence-corrected chi connectivity index (χ1v) is 10.5. The van der Waals surface area contributed by atoms with Gasteiger partial charge in [-0.2, -0.15) is 0 Å². The fourth-order valence-corrected chi connectivity index (χ4v) is 4.77. The van der Waals surface area contributed by atoms with Crippen molar-refractivity contribution in [2.45, 2.75) is 25.2 Å². The molecule has 1 amide bonds. The van der Waals surface area contributed by atoms with Crippen LogP contribution in [0, 0.1) is 10.1 Å². The minimum atomic E-state index is -0.755. The first kappa shape index (κ1) is 20.7. The number of ether oxygens (including phenoxy) is 1. The van der Waals surface area contributed by atoms with Crippen LogP contribution in [-0.2, 0) is 17.6 Å². The summed E-state index contributed by atoms with van der Waals surface area (Å²) >= 11 is 1.41. The van der Waals surface area contributed by atoms with Gasteiger partial charge in [0.25, 0.3) is 11.6 Å². The van der Waals surface area contributed by atoms with Crippen LogP contribution in [0.3, 0.4) is 0 Å². The summed E-state index contributed by atoms with van der Waals surface area (Å²) in [6.45, 7) is 0. The Hall–Kier alpha value is -3.59. The van der Waals surface area contributed by atoms with Crippen LogP contribution in [0.15, 0.2) is 48.5 Å². The maximum Gasteiger partial charge on any atom is 0.338 e. The third-order valence-corrected chi connectivity index (χ3v) is 6.28. The molecule has 158 valence electrons. The van der Waals surface area contributed by atoms with Crippen LogP contribution in [0.5, 0.6) is 0 Å². The molecule has 0 aliphatic heterocycles. The fraction of sp³-hybridized carbons (Fsp3) is 0.227. The van der Waals surface area contributed by atoms with E-state index in [0.29, 0.717) is 11.0 Å². The zero-order chi connectivity index (χ0) is 22.0. The lowest BCUT2D eigenvalue weighted by Crippen LogP contribution is -2.14. The molecule has 1 N–H and O–H groups in total. The minimum Gasteiger partial charge on any atom is -0.465 e. The summed E-state index contributed by atoms with van der Waals surface area (Å²) in [6.07, 6.45) is 2.67. The van der Waals surface area contributed by atoms with E-state index in [2.05, 4.69) is 27.2 Å². The second kappa shape index (κ2) is 8.65. The fourth-order valence-electron chi connectivity index (χ4n) is 3.69. The van der Waals surface area contributed by atoms with Crippen LogP contribution in [-0.4, -0.2) is 28.9 Å². The Bertz CT molecular complexity index is 1160. The normalized spacial score (nSPS) is 15.1. The van der Waals surface area contributed by atoms with Crippen molar-refractivity contribution < 1.29 is 19.2 Å². The molecule has 1 aliphatic carbocycles. The molecule has 0 spiro atoms. The van der Waals surface area contributed by atoms with Gasteiger partial charge in [-0.25, -0.2) is 9.78 Å². The lowest BCUT2D eigenvalue weighted by molar-refractivity contribution is -0.384. The number of aromatic nitrogens is 1. The first-order chi connectivity index (χ1) is 14.9. The van der Waals surface area contributed by atoms with Crippen LogP contribution in [0.1, 0.15) is 49.2 Å². The van der Waals surface area contributed by atoms with Crippen molar-refractivity contribution in [3.05, 3.63) is 85.9 Å². The lowest BCUT2D eigenvalue weighted by Gasteiger charge is -2.21. The van der Waals surface area contributed by atoms with E-state index in [1.54, 1.807) is 0 Å². The monoisotopic (exact) mass is 437 g/mol. The van der Waals surface area contributed by atoms with Crippen molar-refractivity contribution >= 4 is 34.0 Å². The Morgan fingerprint density at radius 3 is 2.65 bits per heavy atom. The van der Waals surface area contributed by atoms with Gasteiger partial charge in [0.05, 0.1) is 23.3 Å². The molecule has 1 atom stereocenters. The number of anilines is 1. The second-order valence-electron chi connectivity index (χ2n) is 7.21. The predicted molar refractivity (Wildman–Crippen MR) is 116 cm³/mol. The molecule has 0 radical (unpaired) electrons. The molecule has 3 aromatic rings. The average Bonchev–Trinajstić information content (AvgIpc) is 3.20. The first-order valence-electron chi connectivity index (χ1n) is 9.67. The van der Waals surface area contributed by atoms with Gasteiger partial charge in [-0.3, -0.25) is 20.2 Å². The van der Waals surface area contributed by atoms with E-state index >= 15 is 0 Å². The average molecular weight is 437 g/mol. The molecule has 31 heavy (non-hydrogen) atoms. The molecule has 8 nitrogen and oxygen atoms in total. The molecule has 1 aliphatic rings. The number of rotatable bonds is 5. The van der Waals surface area contributed by atoms with Crippen LogP contribution in [0.4, 0.5) is 10.8 Å². The van der Waals surface area contributed by atoms with Crippen LogP contribution < -0.4 is 5.32 Å². The lowest BCUT2D eigenvalue weighted by atomic mass is 9.85. The molecular weight excluding hydrogens is 418 g/mol. The summed E-state index contributed by atoms with van der Waals surface area (Å²) in [4.78, 5) is 40.7. The highest BCUT2D eigenvalue weighted by molar-refractivity contribution is 7.15. The Morgan fingerprint density at radius 1 is 1.19 bits per heavy atom. The van der Waals surface area contributed by atoms with Gasteiger partial charge >= 0.3 is 5.97 Å². The molecule has 9 heteroatoms. The summed E-state index contributed by atoms with van der Waals surface area (Å²) in [6, 6.07) is 13.8. The number of fused-ring (bicyclic) bond motifs is 1. The number of carbonyl (C=O) groups is 2. The largest absolute Gasteiger partial charge is 0.465 e. The summed E-state index contributed by atoms with van der Waals surface area (Å²) in [5, 5.41) is 14.3. The number of hydrogen-bond acceptors (Lipinski definition) is 7. The van der Waals surface area contributed by atoms with Gasteiger partial charge in [0.1, 0.15) is 0 Å². The number of nitrogens with one attached hydrogen (secondary N) is 1. The number of benzene rings is 2. The molecule has 0 bridgehead atoms. The molecule has 0 fully saturated rings. The number of nitro benzene ring substituents is 1. The number of non-ortho nitro benzene ring substituents is 1. The quantitative estimate of drug-likeness (QED) is 0.361. The zero-order valence-electron chi connectivity index (χ0n) is 16.7. The van der Waals surface area contributed by atoms with Crippen molar-refractivity contribution in [3.63, 3.8) is 0 Å². The molecule has 1 unspecified atom stereocenters. The number of nitrogens with zero attached hydrogens (tertiary/aromatic N) is 2. The van der Waals surface area contributed by atoms with Gasteiger partial charge in [0.2, 0.25) is 0 Å². The number of amides is 1. The standard InChI is InChI=1S/C22H19N3O5S/c1-30-21(27)16-9-15(10-17(11-16)25(28)29)20(26)24-22-23-18-8-7-14(12-19(18)31-22)13-5-3-2-4-6-13/h2-6,9-11,14H,7-8,12H2,1H3,(H,23,24,26). The second-order valence-corrected chi connectivity index (χ2v) is 8.29. The summed E-state index contributed by atoms with van der Waals surface area (Å²) in [5.41, 5.74) is 1.83. The third-order valence-electron chi connectivity index (χ3n) is 5.24. The Kier molecular flexibility index (Phi) is 5.77. The summed E-state index contributed by atoms with van der Waals surface area (Å²) < 4.78 is 4.62. The van der Waals surface area contributed by atoms with Crippen LogP contribution in [0.2, 0.25) is 0 Å². The Labute approximate surface area is 182 Å². The summed E-state index contributed by atoms with van der Waals surface area (Å²) in [5.74, 6) is -0.911. The van der Waals surface area contributed by atoms with Gasteiger partial charge in [0, 0.05) is 22.6 Å². The van der Waals surface area contributed by atoms with Gasteiger partial charge in [-0.05, 0) is 36.8 Å². The molecule has 4 rings (SSSR count). The number of carbonyl (C=O) groups excluding carboxylic acids is 2. The maximum atomic E-state index is 12.7. The molecule has 0 saturated heterocycles. The van der Waals surface area contributed by atoms with Crippen molar-refractivity contribution in [1.82, 2.24) is 4.98 Å². The molecule has 0 saturated carbocycles. The number of aryl methyl sites for hydroxylation is 1. The number of methoxy groups -OCH3 is 1. The summed E-state index contributed by atoms with van der Waals surface area (Å²) in [7, 11) is 1.17. The third kappa shape index (κ3) is 4.46. The van der Waals surface area contributed by atoms with Gasteiger partial charge in [-0.15, -0.1) is 11.3 Å². The van der Waals surface area contributed by atoms with Gasteiger partial charge < -0.3 is 4.74 Å². The topological polar surface area (TPSA) is 111 Å². The Balaban J connectivity index is 1.54. The zero-order valence-corrected chi connectivity index (χ0v) is 17.5. The highest BCUT2D eigenvalue weighted by Crippen LogP contribution is 2.37. The predicted octanol–water partition coefficient (Wildman–Crippen LogP) is 4.36. The maximum absolute atomic E-state index is 12.7. The van der Waals surface area contributed by atoms with E-state index in [1.807, 2.05) is 18.2 Å². The van der Waals surface area contributed by atoms with E-state index in [9.17, 15) is 19.7 Å². The smallest absolute Gasteiger partial charge is 0.338 e. The molecule has 2 aromatic carbocycles. The Morgan fingerprint density at radius 2 is 1.94 bits per heavy atom. The van der Waals surface area contributed by atoms with E-state index in [-0.39, 0.29) is 16.8 Å². The number of nitro groups is 1. The van der Waals surface area contributed by atoms with Gasteiger partial charge in [0.15, 0.2) is 5.13 Å². The van der Waals surface area contributed by atoms with Crippen molar-refractivity contribution in [2.75, 3.05) is 12.4 Å². The minimum absolute atomic E-state index is 0.00932. The number of thiazole rings is 1. The highest BCUT2D eigenvalue weighted by Gasteiger charge is 2.25. The molecular formula is C22H19N3O5S. The molecule has 1 heterocycles. The van der Waals surface area contributed by atoms with Crippen molar-refractivity contribution in [2.24, 2.45) is 0 Å².